The Kier molecular flexibility index (Phi) is 2.90. The van der Waals surface area contributed by atoms with Gasteiger partial charge in [-0.05, 0) is 18.6 Å². The summed E-state index contributed by atoms with van der Waals surface area (Å²) >= 11 is 0. The number of oxazole rings is 1. The van der Waals surface area contributed by atoms with Gasteiger partial charge in [0.2, 0.25) is 0 Å². The molecule has 0 amide bonds. The molecule has 70 valence electrons. The molecule has 13 heavy (non-hydrogen) atoms. The largest absolute Gasteiger partial charge is 0.417 e. The fourth-order valence-corrected chi connectivity index (χ4v) is 1.11. The molecule has 0 saturated carbocycles. The third kappa shape index (κ3) is 1.80. The van der Waals surface area contributed by atoms with Gasteiger partial charge < -0.3 is 4.42 Å². The number of aryl methyl sites for hydroxylation is 1. The highest BCUT2D eigenvalue weighted by Gasteiger charge is 2.00. The molecular weight excluding hydrogens is 166 g/mol. The Morgan fingerprint density at radius 2 is 2.00 bits per heavy atom. The van der Waals surface area contributed by atoms with E-state index in [1.165, 1.54) is 0 Å². The minimum absolute atomic E-state index is 0.394. The molecule has 0 radical (unpaired) electrons. The number of rotatable bonds is 0. The Labute approximate surface area is 76.4 Å². The number of aromatic nitrogens is 1. The minimum atomic E-state index is -0.394. The molecule has 1 heterocycles. The first-order valence-electron chi connectivity index (χ1n) is 4.36. The van der Waals surface area contributed by atoms with Crippen molar-refractivity contribution in [3.8, 4) is 0 Å². The SMILES string of the molecule is CC.Cc1cccc2[nH]c(=O)oc12. The first-order valence-corrected chi connectivity index (χ1v) is 4.36. The zero-order chi connectivity index (χ0) is 9.84. The number of aromatic amines is 1. The number of nitrogens with one attached hydrogen (secondary N) is 1. The van der Waals surface area contributed by atoms with E-state index in [0.717, 1.165) is 11.1 Å². The van der Waals surface area contributed by atoms with E-state index in [-0.39, 0.29) is 0 Å². The van der Waals surface area contributed by atoms with Crippen molar-refractivity contribution in [2.24, 2.45) is 0 Å². The maximum atomic E-state index is 10.7. The van der Waals surface area contributed by atoms with Gasteiger partial charge in [0.1, 0.15) is 0 Å². The van der Waals surface area contributed by atoms with Gasteiger partial charge >= 0.3 is 5.76 Å². The first kappa shape index (κ1) is 9.58. The van der Waals surface area contributed by atoms with Crippen molar-refractivity contribution in [3.63, 3.8) is 0 Å². The van der Waals surface area contributed by atoms with E-state index in [1.54, 1.807) is 0 Å². The molecule has 0 unspecified atom stereocenters. The van der Waals surface area contributed by atoms with Gasteiger partial charge in [0.15, 0.2) is 5.58 Å². The standard InChI is InChI=1S/C8H7NO2.C2H6/c1-5-3-2-4-6-7(5)11-8(10)9-6;1-2/h2-4H,1H3,(H,9,10);1-2H3. The maximum Gasteiger partial charge on any atom is 0.417 e. The summed E-state index contributed by atoms with van der Waals surface area (Å²) < 4.78 is 4.89. The zero-order valence-corrected chi connectivity index (χ0v) is 8.05. The number of fused-ring (bicyclic) bond motifs is 1. The number of H-pyrrole nitrogens is 1. The van der Waals surface area contributed by atoms with Crippen molar-refractivity contribution in [2.75, 3.05) is 0 Å². The van der Waals surface area contributed by atoms with Crippen molar-refractivity contribution in [1.82, 2.24) is 4.98 Å². The topological polar surface area (TPSA) is 46.0 Å². The molecule has 1 aromatic heterocycles. The van der Waals surface area contributed by atoms with Crippen LogP contribution in [-0.2, 0) is 0 Å². The molecule has 2 aromatic rings. The number of hydrogen-bond donors (Lipinski definition) is 1. The highest BCUT2D eigenvalue weighted by Crippen LogP contribution is 2.13. The Morgan fingerprint density at radius 3 is 2.62 bits per heavy atom. The number of para-hydroxylation sites is 1. The smallest absolute Gasteiger partial charge is 0.408 e. The lowest BCUT2D eigenvalue weighted by atomic mass is 10.2. The summed E-state index contributed by atoms with van der Waals surface area (Å²) in [6.45, 7) is 5.90. The van der Waals surface area contributed by atoms with Gasteiger partial charge in [0.25, 0.3) is 0 Å². The van der Waals surface area contributed by atoms with Crippen LogP contribution in [0.4, 0.5) is 0 Å². The fraction of sp³-hybridized carbons (Fsp3) is 0.300. The molecule has 0 saturated heterocycles. The van der Waals surface area contributed by atoms with E-state index in [2.05, 4.69) is 4.98 Å². The molecule has 0 aliphatic heterocycles. The van der Waals surface area contributed by atoms with Crippen molar-refractivity contribution >= 4 is 11.1 Å². The van der Waals surface area contributed by atoms with Crippen LogP contribution in [0.25, 0.3) is 11.1 Å². The molecule has 1 aromatic carbocycles. The number of benzene rings is 1. The molecule has 0 aliphatic carbocycles. The van der Waals surface area contributed by atoms with Gasteiger partial charge in [0.05, 0.1) is 5.52 Å². The quantitative estimate of drug-likeness (QED) is 0.675. The highest BCUT2D eigenvalue weighted by molar-refractivity contribution is 5.75. The lowest BCUT2D eigenvalue weighted by molar-refractivity contribution is 0.553. The molecule has 0 aliphatic rings. The van der Waals surface area contributed by atoms with Crippen molar-refractivity contribution in [3.05, 3.63) is 34.3 Å². The van der Waals surface area contributed by atoms with Crippen LogP contribution in [0.2, 0.25) is 0 Å². The van der Waals surface area contributed by atoms with Crippen molar-refractivity contribution < 1.29 is 4.42 Å². The third-order valence-electron chi connectivity index (χ3n) is 1.64. The average Bonchev–Trinajstić information content (AvgIpc) is 2.51. The Hall–Kier alpha value is -1.51. The predicted molar refractivity (Wildman–Crippen MR) is 52.9 cm³/mol. The molecule has 2 rings (SSSR count). The van der Waals surface area contributed by atoms with E-state index in [1.807, 2.05) is 39.0 Å². The van der Waals surface area contributed by atoms with Crippen LogP contribution in [0, 0.1) is 6.92 Å². The first-order chi connectivity index (χ1) is 6.27. The van der Waals surface area contributed by atoms with Gasteiger partial charge in [-0.15, -0.1) is 0 Å². The summed E-state index contributed by atoms with van der Waals surface area (Å²) in [7, 11) is 0. The van der Waals surface area contributed by atoms with Crippen LogP contribution < -0.4 is 5.76 Å². The Morgan fingerprint density at radius 1 is 1.31 bits per heavy atom. The summed E-state index contributed by atoms with van der Waals surface area (Å²) in [4.78, 5) is 13.3. The fourth-order valence-electron chi connectivity index (χ4n) is 1.11. The zero-order valence-electron chi connectivity index (χ0n) is 8.05. The molecule has 1 N–H and O–H groups in total. The molecule has 0 bridgehead atoms. The van der Waals surface area contributed by atoms with Gasteiger partial charge in [-0.3, -0.25) is 4.98 Å². The molecule has 0 spiro atoms. The van der Waals surface area contributed by atoms with Crippen molar-refractivity contribution in [2.45, 2.75) is 20.8 Å². The lowest BCUT2D eigenvalue weighted by Gasteiger charge is -1.89. The van der Waals surface area contributed by atoms with Crippen LogP contribution in [0.15, 0.2) is 27.4 Å². The second-order valence-corrected chi connectivity index (χ2v) is 2.47. The summed E-state index contributed by atoms with van der Waals surface area (Å²) in [5, 5.41) is 0. The van der Waals surface area contributed by atoms with E-state index in [4.69, 9.17) is 4.42 Å². The van der Waals surface area contributed by atoms with Gasteiger partial charge in [-0.1, -0.05) is 26.0 Å². The van der Waals surface area contributed by atoms with E-state index in [0.29, 0.717) is 5.58 Å². The summed E-state index contributed by atoms with van der Waals surface area (Å²) in [5.74, 6) is -0.394. The van der Waals surface area contributed by atoms with Crippen LogP contribution in [0.3, 0.4) is 0 Å². The molecule has 3 nitrogen and oxygen atoms in total. The van der Waals surface area contributed by atoms with Crippen LogP contribution >= 0.6 is 0 Å². The van der Waals surface area contributed by atoms with Gasteiger partial charge in [-0.2, -0.15) is 0 Å². The van der Waals surface area contributed by atoms with E-state index < -0.39 is 5.76 Å². The summed E-state index contributed by atoms with van der Waals surface area (Å²) in [5.41, 5.74) is 2.38. The molecule has 0 atom stereocenters. The van der Waals surface area contributed by atoms with E-state index >= 15 is 0 Å². The van der Waals surface area contributed by atoms with Crippen LogP contribution in [-0.4, -0.2) is 4.98 Å². The third-order valence-corrected chi connectivity index (χ3v) is 1.64. The minimum Gasteiger partial charge on any atom is -0.408 e. The molecule has 0 fully saturated rings. The monoisotopic (exact) mass is 179 g/mol. The van der Waals surface area contributed by atoms with Crippen molar-refractivity contribution in [1.29, 1.82) is 0 Å². The highest BCUT2D eigenvalue weighted by atomic mass is 16.4. The van der Waals surface area contributed by atoms with Gasteiger partial charge in [0, 0.05) is 0 Å². The average molecular weight is 179 g/mol. The Bertz CT molecular complexity index is 439. The summed E-state index contributed by atoms with van der Waals surface area (Å²) in [6.07, 6.45) is 0. The molecule has 3 heteroatoms. The lowest BCUT2D eigenvalue weighted by Crippen LogP contribution is -1.92. The summed E-state index contributed by atoms with van der Waals surface area (Å²) in [6, 6.07) is 5.59. The second-order valence-electron chi connectivity index (χ2n) is 2.47. The van der Waals surface area contributed by atoms with Crippen LogP contribution in [0.5, 0.6) is 0 Å². The predicted octanol–water partition coefficient (Wildman–Crippen LogP) is 2.46. The maximum absolute atomic E-state index is 10.7. The second kappa shape index (κ2) is 3.94. The van der Waals surface area contributed by atoms with Crippen LogP contribution in [0.1, 0.15) is 19.4 Å². The Balaban J connectivity index is 0.000000396. The molecular formula is C10H13NO2. The van der Waals surface area contributed by atoms with E-state index in [9.17, 15) is 4.79 Å². The normalized spacial score (nSPS) is 9.46. The van der Waals surface area contributed by atoms with Gasteiger partial charge in [-0.25, -0.2) is 4.79 Å². The number of hydrogen-bond acceptors (Lipinski definition) is 2.